The molecule has 28 heavy (non-hydrogen) atoms. The Morgan fingerprint density at radius 2 is 1.46 bits per heavy atom. The standard InChI is InChI=1S/C24H22N2O2/c1-26(2)15-17-9-7-16(8-10-17)14-25-24(28)18-11-12-20-19-5-3-4-6-21(19)23(27)22(20)13-18/h3-13H,14-15H2,1-2H3,(H,25,28). The Kier molecular flexibility index (Phi) is 4.80. The Hall–Kier alpha value is -3.24. The first-order valence-corrected chi connectivity index (χ1v) is 9.32. The van der Waals surface area contributed by atoms with Crippen LogP contribution < -0.4 is 5.32 Å². The fraction of sp³-hybridized carbons (Fsp3) is 0.167. The second-order valence-electron chi connectivity index (χ2n) is 7.37. The van der Waals surface area contributed by atoms with Crippen LogP contribution in [0.2, 0.25) is 0 Å². The Balaban J connectivity index is 1.46. The second-order valence-corrected chi connectivity index (χ2v) is 7.37. The highest BCUT2D eigenvalue weighted by atomic mass is 16.1. The van der Waals surface area contributed by atoms with Crippen molar-refractivity contribution in [3.63, 3.8) is 0 Å². The molecule has 0 atom stereocenters. The van der Waals surface area contributed by atoms with E-state index in [0.29, 0.717) is 23.2 Å². The molecule has 0 saturated carbocycles. The van der Waals surface area contributed by atoms with E-state index >= 15 is 0 Å². The van der Waals surface area contributed by atoms with E-state index in [4.69, 9.17) is 0 Å². The predicted octanol–water partition coefficient (Wildman–Crippen LogP) is 3.89. The quantitative estimate of drug-likeness (QED) is 0.580. The van der Waals surface area contributed by atoms with Gasteiger partial charge in [-0.05, 0) is 48.5 Å². The highest BCUT2D eigenvalue weighted by Gasteiger charge is 2.26. The first-order valence-electron chi connectivity index (χ1n) is 9.32. The molecule has 3 aromatic rings. The Bertz CT molecular complexity index is 1050. The van der Waals surface area contributed by atoms with Crippen molar-refractivity contribution in [2.24, 2.45) is 0 Å². The molecular formula is C24H22N2O2. The van der Waals surface area contributed by atoms with Gasteiger partial charge in [-0.2, -0.15) is 0 Å². The number of hydrogen-bond donors (Lipinski definition) is 1. The van der Waals surface area contributed by atoms with Gasteiger partial charge in [-0.25, -0.2) is 0 Å². The van der Waals surface area contributed by atoms with Gasteiger partial charge in [0.25, 0.3) is 5.91 Å². The largest absolute Gasteiger partial charge is 0.348 e. The van der Waals surface area contributed by atoms with Crippen molar-refractivity contribution in [1.29, 1.82) is 0 Å². The van der Waals surface area contributed by atoms with Gasteiger partial charge >= 0.3 is 0 Å². The number of hydrogen-bond acceptors (Lipinski definition) is 3. The molecule has 4 rings (SSSR count). The second kappa shape index (κ2) is 7.41. The van der Waals surface area contributed by atoms with Gasteiger partial charge in [0.2, 0.25) is 0 Å². The average molecular weight is 370 g/mol. The molecule has 0 unspecified atom stereocenters. The number of nitrogens with zero attached hydrogens (tertiary/aromatic N) is 1. The molecule has 140 valence electrons. The zero-order valence-corrected chi connectivity index (χ0v) is 16.0. The minimum Gasteiger partial charge on any atom is -0.348 e. The van der Waals surface area contributed by atoms with Crippen LogP contribution in [0.25, 0.3) is 11.1 Å². The van der Waals surface area contributed by atoms with Crippen molar-refractivity contribution in [3.05, 3.63) is 94.5 Å². The number of fused-ring (bicyclic) bond motifs is 3. The highest BCUT2D eigenvalue weighted by molar-refractivity contribution is 6.22. The maximum Gasteiger partial charge on any atom is 0.251 e. The smallest absolute Gasteiger partial charge is 0.251 e. The molecule has 0 aliphatic heterocycles. The Morgan fingerprint density at radius 1 is 0.821 bits per heavy atom. The molecule has 0 radical (unpaired) electrons. The van der Waals surface area contributed by atoms with Crippen LogP contribution in [-0.2, 0) is 13.1 Å². The van der Waals surface area contributed by atoms with Crippen molar-refractivity contribution in [1.82, 2.24) is 10.2 Å². The summed E-state index contributed by atoms with van der Waals surface area (Å²) in [5.74, 6) is -0.194. The van der Waals surface area contributed by atoms with E-state index in [1.54, 1.807) is 12.1 Å². The van der Waals surface area contributed by atoms with Gasteiger partial charge in [0.1, 0.15) is 0 Å². The number of ketones is 1. The molecule has 1 aliphatic rings. The van der Waals surface area contributed by atoms with Crippen molar-refractivity contribution in [3.8, 4) is 11.1 Å². The zero-order chi connectivity index (χ0) is 19.7. The lowest BCUT2D eigenvalue weighted by molar-refractivity contribution is 0.0951. The molecule has 0 heterocycles. The molecule has 4 nitrogen and oxygen atoms in total. The van der Waals surface area contributed by atoms with Crippen LogP contribution in [0.15, 0.2) is 66.7 Å². The van der Waals surface area contributed by atoms with E-state index in [1.165, 1.54) is 5.56 Å². The number of rotatable bonds is 5. The first kappa shape index (κ1) is 18.1. The third-order valence-electron chi connectivity index (χ3n) is 4.96. The van der Waals surface area contributed by atoms with Crippen LogP contribution >= 0.6 is 0 Å². The van der Waals surface area contributed by atoms with Gasteiger partial charge in [0.15, 0.2) is 5.78 Å². The van der Waals surface area contributed by atoms with Crippen LogP contribution in [0.1, 0.15) is 37.4 Å². The lowest BCUT2D eigenvalue weighted by Gasteiger charge is -2.11. The molecule has 1 aliphatic carbocycles. The molecule has 0 bridgehead atoms. The van der Waals surface area contributed by atoms with Crippen LogP contribution in [0.5, 0.6) is 0 Å². The van der Waals surface area contributed by atoms with Gasteiger partial charge in [-0.3, -0.25) is 9.59 Å². The monoisotopic (exact) mass is 370 g/mol. The topological polar surface area (TPSA) is 49.4 Å². The summed E-state index contributed by atoms with van der Waals surface area (Å²) in [6.45, 7) is 1.34. The van der Waals surface area contributed by atoms with Crippen LogP contribution in [0, 0.1) is 0 Å². The average Bonchev–Trinajstić information content (AvgIpc) is 2.99. The van der Waals surface area contributed by atoms with Crippen molar-refractivity contribution in [2.75, 3.05) is 14.1 Å². The summed E-state index contributed by atoms with van der Waals surface area (Å²) in [4.78, 5) is 27.3. The number of carbonyl (C=O) groups is 2. The minimum absolute atomic E-state index is 0.0169. The maximum absolute atomic E-state index is 12.6. The summed E-state index contributed by atoms with van der Waals surface area (Å²) >= 11 is 0. The molecule has 0 saturated heterocycles. The third-order valence-corrected chi connectivity index (χ3v) is 4.96. The summed E-state index contributed by atoms with van der Waals surface area (Å²) in [7, 11) is 4.07. The van der Waals surface area contributed by atoms with Crippen molar-refractivity contribution >= 4 is 11.7 Å². The summed E-state index contributed by atoms with van der Waals surface area (Å²) in [6, 6.07) is 21.1. The number of amides is 1. The Labute approximate surface area is 164 Å². The third kappa shape index (κ3) is 3.47. The molecular weight excluding hydrogens is 348 g/mol. The molecule has 1 N–H and O–H groups in total. The van der Waals surface area contributed by atoms with E-state index in [9.17, 15) is 9.59 Å². The molecule has 3 aromatic carbocycles. The summed E-state index contributed by atoms with van der Waals surface area (Å²) in [5.41, 5.74) is 5.91. The normalized spacial score (nSPS) is 12.0. The van der Waals surface area contributed by atoms with E-state index in [-0.39, 0.29) is 11.7 Å². The Morgan fingerprint density at radius 3 is 2.18 bits per heavy atom. The lowest BCUT2D eigenvalue weighted by Crippen LogP contribution is -2.23. The van der Waals surface area contributed by atoms with Crippen LogP contribution in [-0.4, -0.2) is 30.7 Å². The van der Waals surface area contributed by atoms with Gasteiger partial charge in [0, 0.05) is 29.8 Å². The summed E-state index contributed by atoms with van der Waals surface area (Å²) < 4.78 is 0. The molecule has 0 spiro atoms. The van der Waals surface area contributed by atoms with Gasteiger partial charge in [-0.15, -0.1) is 0 Å². The van der Waals surface area contributed by atoms with E-state index in [2.05, 4.69) is 22.3 Å². The number of nitrogens with one attached hydrogen (secondary N) is 1. The minimum atomic E-state index is -0.177. The molecule has 1 amide bonds. The van der Waals surface area contributed by atoms with Gasteiger partial charge in [-0.1, -0.05) is 54.6 Å². The lowest BCUT2D eigenvalue weighted by atomic mass is 10.0. The first-order chi connectivity index (χ1) is 13.5. The van der Waals surface area contributed by atoms with Crippen LogP contribution in [0.3, 0.4) is 0 Å². The zero-order valence-electron chi connectivity index (χ0n) is 16.0. The highest BCUT2D eigenvalue weighted by Crippen LogP contribution is 2.36. The van der Waals surface area contributed by atoms with Crippen molar-refractivity contribution in [2.45, 2.75) is 13.1 Å². The van der Waals surface area contributed by atoms with E-state index < -0.39 is 0 Å². The number of benzene rings is 3. The predicted molar refractivity (Wildman–Crippen MR) is 110 cm³/mol. The molecule has 0 aromatic heterocycles. The van der Waals surface area contributed by atoms with Gasteiger partial charge in [0.05, 0.1) is 0 Å². The van der Waals surface area contributed by atoms with Crippen LogP contribution in [0.4, 0.5) is 0 Å². The van der Waals surface area contributed by atoms with Gasteiger partial charge < -0.3 is 10.2 Å². The SMILES string of the molecule is CN(C)Cc1ccc(CNC(=O)c2ccc3c(c2)C(=O)c2ccccc2-3)cc1. The van der Waals surface area contributed by atoms with Crippen molar-refractivity contribution < 1.29 is 9.59 Å². The number of carbonyl (C=O) groups excluding carboxylic acids is 2. The summed E-state index contributed by atoms with van der Waals surface area (Å²) in [6.07, 6.45) is 0. The maximum atomic E-state index is 12.6. The summed E-state index contributed by atoms with van der Waals surface area (Å²) in [5, 5.41) is 2.94. The fourth-order valence-electron chi connectivity index (χ4n) is 3.58. The molecule has 4 heteroatoms. The molecule has 0 fully saturated rings. The van der Waals surface area contributed by atoms with E-state index in [1.807, 2.05) is 56.6 Å². The van der Waals surface area contributed by atoms with E-state index in [0.717, 1.165) is 23.2 Å². The fourth-order valence-corrected chi connectivity index (χ4v) is 3.58.